The standard InChI is InChI=1S/C18H31N3O2/c1-13(2)21(6)16-9-7-8-15(10-16)20-17(23)19-12-18(4,5)11-14(3)22/h7-10,13-14,22H,11-12H2,1-6H3,(H2,19,20,23). The van der Waals surface area contributed by atoms with Crippen LogP contribution in [0.25, 0.3) is 0 Å². The fourth-order valence-electron chi connectivity index (χ4n) is 2.47. The molecule has 0 saturated carbocycles. The van der Waals surface area contributed by atoms with Crippen LogP contribution in [0.3, 0.4) is 0 Å². The summed E-state index contributed by atoms with van der Waals surface area (Å²) in [5.41, 5.74) is 1.68. The third kappa shape index (κ3) is 6.91. The highest BCUT2D eigenvalue weighted by Crippen LogP contribution is 2.22. The van der Waals surface area contributed by atoms with E-state index in [2.05, 4.69) is 29.4 Å². The second-order valence-electron chi connectivity index (χ2n) is 7.28. The average molecular weight is 321 g/mol. The van der Waals surface area contributed by atoms with E-state index in [-0.39, 0.29) is 17.6 Å². The number of aliphatic hydroxyl groups is 1. The van der Waals surface area contributed by atoms with Crippen LogP contribution in [-0.2, 0) is 0 Å². The molecule has 0 aliphatic carbocycles. The van der Waals surface area contributed by atoms with E-state index >= 15 is 0 Å². The monoisotopic (exact) mass is 321 g/mol. The van der Waals surface area contributed by atoms with Crippen LogP contribution in [0.5, 0.6) is 0 Å². The average Bonchev–Trinajstić information content (AvgIpc) is 2.43. The van der Waals surface area contributed by atoms with Gasteiger partial charge in [0.2, 0.25) is 0 Å². The first kappa shape index (κ1) is 19.3. The molecule has 0 bridgehead atoms. The Kier molecular flexibility index (Phi) is 6.88. The molecule has 0 radical (unpaired) electrons. The molecule has 0 aromatic heterocycles. The molecule has 130 valence electrons. The quantitative estimate of drug-likeness (QED) is 0.721. The van der Waals surface area contributed by atoms with Gasteiger partial charge in [-0.15, -0.1) is 0 Å². The molecule has 0 spiro atoms. The van der Waals surface area contributed by atoms with Gasteiger partial charge in [0.25, 0.3) is 0 Å². The van der Waals surface area contributed by atoms with Crippen molar-refractivity contribution in [2.75, 3.05) is 23.8 Å². The molecule has 1 aromatic carbocycles. The predicted molar refractivity (Wildman–Crippen MR) is 97.1 cm³/mol. The summed E-state index contributed by atoms with van der Waals surface area (Å²) in [5.74, 6) is 0. The zero-order valence-electron chi connectivity index (χ0n) is 15.2. The van der Waals surface area contributed by atoms with Crippen LogP contribution in [0, 0.1) is 5.41 Å². The Hall–Kier alpha value is -1.75. The second-order valence-corrected chi connectivity index (χ2v) is 7.28. The molecular formula is C18H31N3O2. The van der Waals surface area contributed by atoms with Gasteiger partial charge in [-0.2, -0.15) is 0 Å². The Labute approximate surface area is 140 Å². The largest absolute Gasteiger partial charge is 0.393 e. The third-order valence-electron chi connectivity index (χ3n) is 3.86. The highest BCUT2D eigenvalue weighted by Gasteiger charge is 2.21. The van der Waals surface area contributed by atoms with E-state index in [0.29, 0.717) is 19.0 Å². The molecule has 1 aromatic rings. The van der Waals surface area contributed by atoms with Gasteiger partial charge < -0.3 is 20.6 Å². The molecule has 0 aliphatic heterocycles. The van der Waals surface area contributed by atoms with Crippen molar-refractivity contribution in [1.82, 2.24) is 5.32 Å². The van der Waals surface area contributed by atoms with Crippen LogP contribution in [-0.4, -0.2) is 36.9 Å². The number of rotatable bonds is 7. The van der Waals surface area contributed by atoms with Crippen molar-refractivity contribution < 1.29 is 9.90 Å². The van der Waals surface area contributed by atoms with E-state index in [4.69, 9.17) is 0 Å². The normalized spacial score (nSPS) is 12.9. The van der Waals surface area contributed by atoms with Crippen molar-refractivity contribution in [2.45, 2.75) is 53.2 Å². The van der Waals surface area contributed by atoms with Gasteiger partial charge in [0, 0.05) is 31.0 Å². The molecule has 0 aliphatic rings. The molecule has 0 saturated heterocycles. The van der Waals surface area contributed by atoms with Gasteiger partial charge >= 0.3 is 6.03 Å². The van der Waals surface area contributed by atoms with E-state index in [1.165, 1.54) is 0 Å². The van der Waals surface area contributed by atoms with Crippen LogP contribution in [0.1, 0.15) is 41.0 Å². The Balaban J connectivity index is 2.59. The minimum atomic E-state index is -0.377. The number of anilines is 2. The van der Waals surface area contributed by atoms with Crippen molar-refractivity contribution in [3.63, 3.8) is 0 Å². The van der Waals surface area contributed by atoms with Crippen molar-refractivity contribution in [1.29, 1.82) is 0 Å². The maximum absolute atomic E-state index is 12.1. The number of amides is 2. The first-order chi connectivity index (χ1) is 10.6. The van der Waals surface area contributed by atoms with E-state index in [1.54, 1.807) is 6.92 Å². The maximum Gasteiger partial charge on any atom is 0.319 e. The summed E-state index contributed by atoms with van der Waals surface area (Å²) in [5, 5.41) is 15.2. The van der Waals surface area contributed by atoms with Crippen molar-refractivity contribution in [3.8, 4) is 0 Å². The Morgan fingerprint density at radius 2 is 1.96 bits per heavy atom. The topological polar surface area (TPSA) is 64.6 Å². The Morgan fingerprint density at radius 3 is 2.52 bits per heavy atom. The van der Waals surface area contributed by atoms with E-state index < -0.39 is 0 Å². The third-order valence-corrected chi connectivity index (χ3v) is 3.86. The number of hydrogen-bond acceptors (Lipinski definition) is 3. The lowest BCUT2D eigenvalue weighted by molar-refractivity contribution is 0.129. The first-order valence-corrected chi connectivity index (χ1v) is 8.16. The van der Waals surface area contributed by atoms with Crippen LogP contribution in [0.4, 0.5) is 16.2 Å². The number of nitrogens with zero attached hydrogens (tertiary/aromatic N) is 1. The molecule has 1 unspecified atom stereocenters. The predicted octanol–water partition coefficient (Wildman–Crippen LogP) is 3.45. The lowest BCUT2D eigenvalue weighted by atomic mass is 9.87. The van der Waals surface area contributed by atoms with Crippen LogP contribution < -0.4 is 15.5 Å². The SMILES string of the molecule is CC(O)CC(C)(C)CNC(=O)Nc1cccc(N(C)C(C)C)c1. The molecule has 3 N–H and O–H groups in total. The molecule has 1 atom stereocenters. The van der Waals surface area contributed by atoms with E-state index in [9.17, 15) is 9.90 Å². The molecule has 0 heterocycles. The summed E-state index contributed by atoms with van der Waals surface area (Å²) in [6, 6.07) is 7.95. The number of hydrogen-bond donors (Lipinski definition) is 3. The molecule has 23 heavy (non-hydrogen) atoms. The van der Waals surface area contributed by atoms with Gasteiger partial charge in [-0.3, -0.25) is 0 Å². The fourth-order valence-corrected chi connectivity index (χ4v) is 2.47. The van der Waals surface area contributed by atoms with Crippen LogP contribution in [0.15, 0.2) is 24.3 Å². The lowest BCUT2D eigenvalue weighted by Crippen LogP contribution is -2.38. The number of urea groups is 1. The molecular weight excluding hydrogens is 290 g/mol. The summed E-state index contributed by atoms with van der Waals surface area (Å²) in [4.78, 5) is 14.2. The smallest absolute Gasteiger partial charge is 0.319 e. The van der Waals surface area contributed by atoms with Gasteiger partial charge in [-0.25, -0.2) is 4.79 Å². The number of benzene rings is 1. The summed E-state index contributed by atoms with van der Waals surface area (Å²) >= 11 is 0. The minimum Gasteiger partial charge on any atom is -0.393 e. The number of carbonyl (C=O) groups is 1. The molecule has 5 nitrogen and oxygen atoms in total. The zero-order chi connectivity index (χ0) is 17.6. The summed E-state index contributed by atoms with van der Waals surface area (Å²) < 4.78 is 0. The highest BCUT2D eigenvalue weighted by atomic mass is 16.3. The zero-order valence-corrected chi connectivity index (χ0v) is 15.2. The van der Waals surface area contributed by atoms with E-state index in [0.717, 1.165) is 11.4 Å². The maximum atomic E-state index is 12.1. The van der Waals surface area contributed by atoms with Crippen LogP contribution in [0.2, 0.25) is 0 Å². The summed E-state index contributed by atoms with van der Waals surface area (Å²) in [6.07, 6.45) is 0.264. The van der Waals surface area contributed by atoms with Gasteiger partial charge in [0.15, 0.2) is 0 Å². The van der Waals surface area contributed by atoms with Crippen molar-refractivity contribution >= 4 is 17.4 Å². The van der Waals surface area contributed by atoms with Crippen molar-refractivity contribution in [3.05, 3.63) is 24.3 Å². The second kappa shape index (κ2) is 8.20. The molecule has 5 heteroatoms. The molecule has 2 amide bonds. The Bertz CT molecular complexity index is 513. The van der Waals surface area contributed by atoms with Gasteiger partial charge in [-0.05, 0) is 50.8 Å². The van der Waals surface area contributed by atoms with Gasteiger partial charge in [-0.1, -0.05) is 19.9 Å². The number of nitrogens with one attached hydrogen (secondary N) is 2. The first-order valence-electron chi connectivity index (χ1n) is 8.16. The highest BCUT2D eigenvalue weighted by molar-refractivity contribution is 5.89. The molecule has 0 fully saturated rings. The van der Waals surface area contributed by atoms with Gasteiger partial charge in [0.1, 0.15) is 0 Å². The Morgan fingerprint density at radius 1 is 1.30 bits per heavy atom. The van der Waals surface area contributed by atoms with Gasteiger partial charge in [0.05, 0.1) is 6.10 Å². The van der Waals surface area contributed by atoms with Crippen molar-refractivity contribution in [2.24, 2.45) is 5.41 Å². The summed E-state index contributed by atoms with van der Waals surface area (Å²) in [7, 11) is 2.03. The number of aliphatic hydroxyl groups excluding tert-OH is 1. The van der Waals surface area contributed by atoms with E-state index in [1.807, 2.05) is 45.2 Å². The fraction of sp³-hybridized carbons (Fsp3) is 0.611. The summed E-state index contributed by atoms with van der Waals surface area (Å²) in [6.45, 7) is 10.6. The number of carbonyl (C=O) groups excluding carboxylic acids is 1. The van der Waals surface area contributed by atoms with Crippen LogP contribution >= 0.6 is 0 Å². The minimum absolute atomic E-state index is 0.148. The molecule has 1 rings (SSSR count). The lowest BCUT2D eigenvalue weighted by Gasteiger charge is -2.26.